The lowest BCUT2D eigenvalue weighted by Crippen LogP contribution is -2.54. The van der Waals surface area contributed by atoms with E-state index in [4.69, 9.17) is 4.74 Å². The van der Waals surface area contributed by atoms with Crippen molar-refractivity contribution < 1.29 is 23.1 Å². The van der Waals surface area contributed by atoms with E-state index in [1.807, 2.05) is 6.92 Å². The van der Waals surface area contributed by atoms with Crippen LogP contribution >= 0.6 is 11.8 Å². The molecule has 0 radical (unpaired) electrons. The fraction of sp³-hybridized carbons (Fsp3) is 0.462. The molecule has 1 saturated heterocycles. The zero-order chi connectivity index (χ0) is 15.5. The van der Waals surface area contributed by atoms with Gasteiger partial charge in [0.25, 0.3) is 0 Å². The van der Waals surface area contributed by atoms with E-state index in [1.165, 1.54) is 23.9 Å². The van der Waals surface area contributed by atoms with E-state index in [9.17, 15) is 18.3 Å². The van der Waals surface area contributed by atoms with E-state index in [2.05, 4.69) is 4.72 Å². The Kier molecular flexibility index (Phi) is 4.80. The second-order valence-electron chi connectivity index (χ2n) is 4.70. The van der Waals surface area contributed by atoms with Gasteiger partial charge in [-0.1, -0.05) is 0 Å². The van der Waals surface area contributed by atoms with Crippen molar-refractivity contribution in [2.24, 2.45) is 0 Å². The molecule has 116 valence electrons. The van der Waals surface area contributed by atoms with Crippen molar-refractivity contribution in [2.45, 2.75) is 23.8 Å². The van der Waals surface area contributed by atoms with Crippen LogP contribution in [0.3, 0.4) is 0 Å². The summed E-state index contributed by atoms with van der Waals surface area (Å²) in [5, 5.41) is 9.33. The molecule has 0 amide bonds. The van der Waals surface area contributed by atoms with E-state index < -0.39 is 21.5 Å². The van der Waals surface area contributed by atoms with Gasteiger partial charge in [0.05, 0.1) is 11.5 Å². The number of carbonyl (C=O) groups is 1. The number of nitrogens with one attached hydrogen (secondary N) is 1. The zero-order valence-corrected chi connectivity index (χ0v) is 13.2. The Bertz CT molecular complexity index is 606. The number of hydrogen-bond acceptors (Lipinski definition) is 5. The first-order chi connectivity index (χ1) is 9.89. The highest BCUT2D eigenvalue weighted by molar-refractivity contribution is 7.99. The van der Waals surface area contributed by atoms with Crippen LogP contribution in [-0.2, 0) is 14.8 Å². The SMILES string of the molecule is CCOc1ccc(S(=O)(=O)NC2(C(=O)O)CCSC2)cc1. The first-order valence-electron chi connectivity index (χ1n) is 6.48. The quantitative estimate of drug-likeness (QED) is 0.817. The molecule has 1 fully saturated rings. The van der Waals surface area contributed by atoms with Crippen LogP contribution in [0.25, 0.3) is 0 Å². The van der Waals surface area contributed by atoms with Gasteiger partial charge in [0.2, 0.25) is 10.0 Å². The maximum absolute atomic E-state index is 12.3. The monoisotopic (exact) mass is 331 g/mol. The fourth-order valence-electron chi connectivity index (χ4n) is 2.06. The molecule has 1 aliphatic heterocycles. The van der Waals surface area contributed by atoms with Crippen molar-refractivity contribution in [3.63, 3.8) is 0 Å². The fourth-order valence-corrected chi connectivity index (χ4v) is 4.86. The molecule has 0 saturated carbocycles. The standard InChI is InChI=1S/C13H17NO5S2/c1-2-19-10-3-5-11(6-4-10)21(17,18)14-13(12(15)16)7-8-20-9-13/h3-6,14H,2,7-9H2,1H3,(H,15,16). The summed E-state index contributed by atoms with van der Waals surface area (Å²) in [6.45, 7) is 2.32. The largest absolute Gasteiger partial charge is 0.494 e. The van der Waals surface area contributed by atoms with Crippen molar-refractivity contribution >= 4 is 27.8 Å². The highest BCUT2D eigenvalue weighted by atomic mass is 32.2. The molecule has 1 heterocycles. The summed E-state index contributed by atoms with van der Waals surface area (Å²) < 4.78 is 32.3. The molecule has 21 heavy (non-hydrogen) atoms. The molecule has 0 spiro atoms. The van der Waals surface area contributed by atoms with E-state index >= 15 is 0 Å². The Balaban J connectivity index is 2.23. The minimum Gasteiger partial charge on any atom is -0.494 e. The molecule has 6 nitrogen and oxygen atoms in total. The lowest BCUT2D eigenvalue weighted by Gasteiger charge is -2.24. The second-order valence-corrected chi connectivity index (χ2v) is 7.49. The summed E-state index contributed by atoms with van der Waals surface area (Å²) in [6, 6.07) is 5.92. The van der Waals surface area contributed by atoms with Gasteiger partial charge in [-0.2, -0.15) is 16.5 Å². The van der Waals surface area contributed by atoms with Crippen molar-refractivity contribution in [3.05, 3.63) is 24.3 Å². The average Bonchev–Trinajstić information content (AvgIpc) is 2.89. The van der Waals surface area contributed by atoms with Gasteiger partial charge in [0.15, 0.2) is 0 Å². The van der Waals surface area contributed by atoms with Gasteiger partial charge in [0.1, 0.15) is 11.3 Å². The maximum atomic E-state index is 12.3. The first-order valence-corrected chi connectivity index (χ1v) is 9.11. The number of carboxylic acid groups (broad SMARTS) is 1. The van der Waals surface area contributed by atoms with Crippen molar-refractivity contribution in [2.75, 3.05) is 18.1 Å². The van der Waals surface area contributed by atoms with Gasteiger partial charge in [-0.3, -0.25) is 4.79 Å². The summed E-state index contributed by atoms with van der Waals surface area (Å²) in [6.07, 6.45) is 0.281. The van der Waals surface area contributed by atoms with Gasteiger partial charge in [-0.15, -0.1) is 0 Å². The van der Waals surface area contributed by atoms with Crippen LogP contribution < -0.4 is 9.46 Å². The summed E-state index contributed by atoms with van der Waals surface area (Å²) >= 11 is 1.43. The van der Waals surface area contributed by atoms with Crippen molar-refractivity contribution in [1.29, 1.82) is 0 Å². The number of sulfonamides is 1. The smallest absolute Gasteiger partial charge is 0.325 e. The predicted molar refractivity (Wildman–Crippen MR) is 80.2 cm³/mol. The van der Waals surface area contributed by atoms with E-state index in [0.29, 0.717) is 18.1 Å². The zero-order valence-electron chi connectivity index (χ0n) is 11.5. The Morgan fingerprint density at radius 3 is 2.57 bits per heavy atom. The number of aliphatic carboxylic acids is 1. The van der Waals surface area contributed by atoms with Gasteiger partial charge in [-0.25, -0.2) is 8.42 Å². The average molecular weight is 331 g/mol. The van der Waals surface area contributed by atoms with Crippen LogP contribution in [-0.4, -0.2) is 43.1 Å². The number of benzene rings is 1. The summed E-state index contributed by atoms with van der Waals surface area (Å²) in [7, 11) is -3.88. The molecule has 0 aromatic heterocycles. The minimum atomic E-state index is -3.88. The van der Waals surface area contributed by atoms with Crippen LogP contribution in [0.2, 0.25) is 0 Å². The number of carboxylic acids is 1. The molecule has 0 aliphatic carbocycles. The van der Waals surface area contributed by atoms with Gasteiger partial charge < -0.3 is 9.84 Å². The van der Waals surface area contributed by atoms with Gasteiger partial charge in [-0.05, 0) is 43.4 Å². The van der Waals surface area contributed by atoms with Crippen LogP contribution in [0.15, 0.2) is 29.2 Å². The van der Waals surface area contributed by atoms with Gasteiger partial charge in [0, 0.05) is 5.75 Å². The predicted octanol–water partition coefficient (Wildman–Crippen LogP) is 1.32. The van der Waals surface area contributed by atoms with Crippen LogP contribution in [0.1, 0.15) is 13.3 Å². The normalized spacial score (nSPS) is 22.1. The van der Waals surface area contributed by atoms with Crippen LogP contribution in [0.4, 0.5) is 0 Å². The molecule has 2 N–H and O–H groups in total. The number of rotatable bonds is 6. The second kappa shape index (κ2) is 6.25. The van der Waals surface area contributed by atoms with Crippen molar-refractivity contribution in [1.82, 2.24) is 4.72 Å². The lowest BCUT2D eigenvalue weighted by atomic mass is 10.0. The highest BCUT2D eigenvalue weighted by Gasteiger charge is 2.45. The topological polar surface area (TPSA) is 92.7 Å². The lowest BCUT2D eigenvalue weighted by molar-refractivity contribution is -0.142. The Morgan fingerprint density at radius 1 is 1.43 bits per heavy atom. The minimum absolute atomic E-state index is 0.0310. The summed E-state index contributed by atoms with van der Waals surface area (Å²) in [5.41, 5.74) is -1.41. The molecule has 2 rings (SSSR count). The third-order valence-corrected chi connectivity index (χ3v) is 5.95. The van der Waals surface area contributed by atoms with E-state index in [0.717, 1.165) is 0 Å². The number of ether oxygens (including phenoxy) is 1. The molecule has 8 heteroatoms. The Labute approximate surface area is 127 Å². The summed E-state index contributed by atoms with van der Waals surface area (Å²) in [4.78, 5) is 11.4. The third-order valence-electron chi connectivity index (χ3n) is 3.21. The van der Waals surface area contributed by atoms with Crippen LogP contribution in [0.5, 0.6) is 5.75 Å². The first kappa shape index (κ1) is 16.1. The number of hydrogen-bond donors (Lipinski definition) is 2. The molecule has 1 aromatic carbocycles. The molecule has 1 atom stereocenters. The molecule has 1 aromatic rings. The molecular formula is C13H17NO5S2. The molecule has 0 bridgehead atoms. The molecule has 1 aliphatic rings. The molecule has 1 unspecified atom stereocenters. The van der Waals surface area contributed by atoms with Crippen LogP contribution in [0, 0.1) is 0 Å². The van der Waals surface area contributed by atoms with E-state index in [-0.39, 0.29) is 17.1 Å². The number of thioether (sulfide) groups is 1. The third kappa shape index (κ3) is 3.50. The van der Waals surface area contributed by atoms with E-state index in [1.54, 1.807) is 12.1 Å². The Hall–Kier alpha value is -1.25. The Morgan fingerprint density at radius 2 is 2.10 bits per heavy atom. The molecular weight excluding hydrogens is 314 g/mol. The van der Waals surface area contributed by atoms with Gasteiger partial charge >= 0.3 is 5.97 Å². The maximum Gasteiger partial charge on any atom is 0.325 e. The summed E-state index contributed by atoms with van der Waals surface area (Å²) in [5.74, 6) is 0.291. The van der Waals surface area contributed by atoms with Crippen molar-refractivity contribution in [3.8, 4) is 5.75 Å². The highest BCUT2D eigenvalue weighted by Crippen LogP contribution is 2.30.